The van der Waals surface area contributed by atoms with Crippen LogP contribution >= 0.6 is 17.2 Å². The van der Waals surface area contributed by atoms with Gasteiger partial charge in [0.05, 0.1) is 0 Å². The number of benzene rings is 2. The third-order valence-corrected chi connectivity index (χ3v) is 5.25. The van der Waals surface area contributed by atoms with E-state index in [4.69, 9.17) is 0 Å². The molecule has 0 heterocycles. The standard InChI is InChI=1S/C15H18P2.2BrH.Pd/c1-3-8-14(9-4-1)16-12-7-13-17-15-10-5-2-6-11-15;;;/h1-6,8-11,16-17H,7,12-13H2;2*1H;/q;;;+2/p-2. The summed E-state index contributed by atoms with van der Waals surface area (Å²) in [6, 6.07) is 21.6. The minimum atomic E-state index is 0. The van der Waals surface area contributed by atoms with Crippen LogP contribution in [-0.4, -0.2) is 12.3 Å². The molecule has 0 saturated carbocycles. The summed E-state index contributed by atoms with van der Waals surface area (Å²) in [6.45, 7) is 0. The van der Waals surface area contributed by atoms with Crippen LogP contribution in [0, 0.1) is 0 Å². The van der Waals surface area contributed by atoms with Gasteiger partial charge in [-0.2, -0.15) is 0 Å². The number of hydrogen-bond donors (Lipinski definition) is 0. The molecule has 5 heteroatoms. The van der Waals surface area contributed by atoms with Gasteiger partial charge in [-0.15, -0.1) is 0 Å². The van der Waals surface area contributed by atoms with E-state index in [0.29, 0.717) is 0 Å². The Labute approximate surface area is 160 Å². The molecule has 0 bridgehead atoms. The molecule has 2 rings (SSSR count). The molecule has 0 N–H and O–H groups in total. The molecule has 20 heavy (non-hydrogen) atoms. The van der Waals surface area contributed by atoms with Gasteiger partial charge in [0.1, 0.15) is 0 Å². The summed E-state index contributed by atoms with van der Waals surface area (Å²) in [5, 5.41) is 2.99. The SMILES string of the molecule is [Br-].[Br-].[Pd+2].c1ccc(PCCCPc2ccccc2)cc1. The third kappa shape index (κ3) is 9.79. The first-order chi connectivity index (χ1) is 8.45. The molecule has 2 aromatic rings. The van der Waals surface area contributed by atoms with Gasteiger partial charge >= 0.3 is 20.4 Å². The topological polar surface area (TPSA) is 0 Å². The average Bonchev–Trinajstić information content (AvgIpc) is 2.41. The summed E-state index contributed by atoms with van der Waals surface area (Å²) in [6.07, 6.45) is 4.02. The Morgan fingerprint density at radius 2 is 0.950 bits per heavy atom. The molecular formula is C15H18Br2P2Pd. The van der Waals surface area contributed by atoms with Gasteiger partial charge in [-0.05, 0) is 29.4 Å². The van der Waals surface area contributed by atoms with Crippen molar-refractivity contribution in [2.75, 3.05) is 12.3 Å². The summed E-state index contributed by atoms with van der Waals surface area (Å²) in [5.41, 5.74) is 0. The Morgan fingerprint density at radius 3 is 1.30 bits per heavy atom. The fourth-order valence-electron chi connectivity index (χ4n) is 1.67. The average molecular weight is 526 g/mol. The van der Waals surface area contributed by atoms with Crippen molar-refractivity contribution in [2.45, 2.75) is 6.42 Å². The molecule has 0 aromatic heterocycles. The first kappa shape index (κ1) is 23.2. The quantitative estimate of drug-likeness (QED) is 0.220. The van der Waals surface area contributed by atoms with Crippen molar-refractivity contribution in [1.29, 1.82) is 0 Å². The van der Waals surface area contributed by atoms with Crippen molar-refractivity contribution in [3.63, 3.8) is 0 Å². The first-order valence-corrected chi connectivity index (χ1v) is 8.44. The van der Waals surface area contributed by atoms with Gasteiger partial charge in [-0.1, -0.05) is 77.8 Å². The van der Waals surface area contributed by atoms with Crippen LogP contribution in [0.1, 0.15) is 6.42 Å². The maximum absolute atomic E-state index is 2.23. The van der Waals surface area contributed by atoms with E-state index in [1.807, 2.05) is 0 Å². The molecule has 0 aliphatic rings. The van der Waals surface area contributed by atoms with Gasteiger partial charge in [0.25, 0.3) is 0 Å². The van der Waals surface area contributed by atoms with Crippen LogP contribution in [0.2, 0.25) is 0 Å². The summed E-state index contributed by atoms with van der Waals surface area (Å²) in [4.78, 5) is 0. The van der Waals surface area contributed by atoms with Crippen LogP contribution in [0.4, 0.5) is 0 Å². The Bertz CT molecular complexity index is 385. The maximum Gasteiger partial charge on any atom is 2.00 e. The van der Waals surface area contributed by atoms with E-state index in [-0.39, 0.29) is 54.4 Å². The second kappa shape index (κ2) is 14.8. The molecule has 0 saturated heterocycles. The molecule has 2 aromatic carbocycles. The van der Waals surface area contributed by atoms with Gasteiger partial charge in [0, 0.05) is 0 Å². The van der Waals surface area contributed by atoms with E-state index < -0.39 is 0 Å². The molecule has 0 fully saturated rings. The van der Waals surface area contributed by atoms with E-state index in [0.717, 1.165) is 17.2 Å². The third-order valence-electron chi connectivity index (χ3n) is 2.56. The molecule has 0 spiro atoms. The fourth-order valence-corrected chi connectivity index (χ4v) is 4.16. The molecule has 0 radical (unpaired) electrons. The first-order valence-electron chi connectivity index (χ1n) is 6.03. The summed E-state index contributed by atoms with van der Waals surface area (Å²) in [5.74, 6) is 0. The van der Waals surface area contributed by atoms with Crippen molar-refractivity contribution in [3.05, 3.63) is 60.7 Å². The zero-order valence-corrected chi connectivity index (χ0v) is 17.7. The number of hydrogen-bond acceptors (Lipinski definition) is 0. The van der Waals surface area contributed by atoms with Gasteiger partial charge in [-0.3, -0.25) is 0 Å². The van der Waals surface area contributed by atoms with Gasteiger partial charge in [-0.25, -0.2) is 0 Å². The molecule has 112 valence electrons. The van der Waals surface area contributed by atoms with Crippen LogP contribution < -0.4 is 44.6 Å². The second-order valence-corrected chi connectivity index (χ2v) is 6.80. The Kier molecular flexibility index (Phi) is 17.2. The van der Waals surface area contributed by atoms with E-state index >= 15 is 0 Å². The van der Waals surface area contributed by atoms with Crippen LogP contribution in [-0.2, 0) is 20.4 Å². The summed E-state index contributed by atoms with van der Waals surface area (Å²) >= 11 is 0. The second-order valence-electron chi connectivity index (χ2n) is 3.94. The van der Waals surface area contributed by atoms with Crippen molar-refractivity contribution in [2.24, 2.45) is 0 Å². The molecular weight excluding hydrogens is 508 g/mol. The summed E-state index contributed by atoms with van der Waals surface area (Å²) < 4.78 is 0. The van der Waals surface area contributed by atoms with E-state index in [1.165, 1.54) is 29.4 Å². The smallest absolute Gasteiger partial charge is 1.00 e. The van der Waals surface area contributed by atoms with Gasteiger partial charge in [0.15, 0.2) is 0 Å². The van der Waals surface area contributed by atoms with Crippen molar-refractivity contribution in [1.82, 2.24) is 0 Å². The fraction of sp³-hybridized carbons (Fsp3) is 0.200. The Morgan fingerprint density at radius 1 is 0.600 bits per heavy atom. The van der Waals surface area contributed by atoms with Crippen LogP contribution in [0.25, 0.3) is 0 Å². The van der Waals surface area contributed by atoms with Crippen LogP contribution in [0.15, 0.2) is 60.7 Å². The van der Waals surface area contributed by atoms with Gasteiger partial charge < -0.3 is 34.0 Å². The van der Waals surface area contributed by atoms with E-state index in [2.05, 4.69) is 60.7 Å². The van der Waals surface area contributed by atoms with Gasteiger partial charge in [0.2, 0.25) is 0 Å². The van der Waals surface area contributed by atoms with E-state index in [1.54, 1.807) is 0 Å². The largest absolute Gasteiger partial charge is 2.00 e. The Hall–Kier alpha value is 0.922. The molecule has 0 aliphatic heterocycles. The van der Waals surface area contributed by atoms with Crippen LogP contribution in [0.3, 0.4) is 0 Å². The van der Waals surface area contributed by atoms with Crippen molar-refractivity contribution in [3.8, 4) is 0 Å². The van der Waals surface area contributed by atoms with Crippen LogP contribution in [0.5, 0.6) is 0 Å². The minimum absolute atomic E-state index is 0. The van der Waals surface area contributed by atoms with Crippen molar-refractivity contribution >= 4 is 27.8 Å². The van der Waals surface area contributed by atoms with Crippen molar-refractivity contribution < 1.29 is 54.4 Å². The summed E-state index contributed by atoms with van der Waals surface area (Å²) in [7, 11) is 1.95. The predicted molar refractivity (Wildman–Crippen MR) is 83.1 cm³/mol. The zero-order chi connectivity index (χ0) is 11.8. The maximum atomic E-state index is 2.23. The molecule has 0 nitrogen and oxygen atoms in total. The monoisotopic (exact) mass is 524 g/mol. The zero-order valence-electron chi connectivity index (χ0n) is 11.0. The minimum Gasteiger partial charge on any atom is -1.00 e. The number of rotatable bonds is 6. The molecule has 2 unspecified atom stereocenters. The number of halogens is 2. The molecule has 0 aliphatic carbocycles. The normalized spacial score (nSPS) is 10.0. The van der Waals surface area contributed by atoms with E-state index in [9.17, 15) is 0 Å². The predicted octanol–water partition coefficient (Wildman–Crippen LogP) is -2.61. The Balaban J connectivity index is 0. The molecule has 0 amide bonds. The molecule has 2 atom stereocenters.